The van der Waals surface area contributed by atoms with Gasteiger partial charge in [0.1, 0.15) is 17.3 Å². The number of benzene rings is 1. The predicted molar refractivity (Wildman–Crippen MR) is 68.4 cm³/mol. The van der Waals surface area contributed by atoms with E-state index < -0.39 is 0 Å². The summed E-state index contributed by atoms with van der Waals surface area (Å²) in [4.78, 5) is 0. The molecule has 0 saturated carbocycles. The van der Waals surface area contributed by atoms with E-state index in [-0.39, 0.29) is 23.6 Å². The maximum Gasteiger partial charge on any atom is 0.124 e. The number of rotatable bonds is 4. The zero-order valence-corrected chi connectivity index (χ0v) is 10.4. The van der Waals surface area contributed by atoms with E-state index in [4.69, 9.17) is 4.42 Å². The second kappa shape index (κ2) is 5.14. The molecule has 0 bridgehead atoms. The van der Waals surface area contributed by atoms with Crippen LogP contribution in [-0.2, 0) is 0 Å². The van der Waals surface area contributed by atoms with Gasteiger partial charge in [-0.2, -0.15) is 0 Å². The molecule has 1 aromatic carbocycles. The minimum absolute atomic E-state index is 0.00555. The Morgan fingerprint density at radius 1 is 1.00 bits per heavy atom. The Balaban J connectivity index is 2.15. The van der Waals surface area contributed by atoms with E-state index in [9.17, 15) is 10.2 Å². The van der Waals surface area contributed by atoms with Crippen LogP contribution in [0.3, 0.4) is 0 Å². The molecular formula is C14H17NO3. The smallest absolute Gasteiger partial charge is 0.124 e. The summed E-state index contributed by atoms with van der Waals surface area (Å²) >= 11 is 0. The second-order valence-electron chi connectivity index (χ2n) is 4.34. The van der Waals surface area contributed by atoms with Crippen molar-refractivity contribution >= 4 is 0 Å². The van der Waals surface area contributed by atoms with E-state index >= 15 is 0 Å². The lowest BCUT2D eigenvalue weighted by atomic mass is 10.0. The van der Waals surface area contributed by atoms with Crippen molar-refractivity contribution in [2.45, 2.75) is 25.9 Å². The SMILES string of the molecule is CC(N[C@@H](C)c1ccco1)c1c(O)cccc1O. The number of furan rings is 1. The molecule has 2 aromatic rings. The Kier molecular flexibility index (Phi) is 3.58. The van der Waals surface area contributed by atoms with Gasteiger partial charge in [-0.1, -0.05) is 6.07 Å². The van der Waals surface area contributed by atoms with E-state index in [1.165, 1.54) is 0 Å². The van der Waals surface area contributed by atoms with Crippen LogP contribution in [0, 0.1) is 0 Å². The summed E-state index contributed by atoms with van der Waals surface area (Å²) in [5.74, 6) is 0.986. The van der Waals surface area contributed by atoms with Gasteiger partial charge in [-0.25, -0.2) is 0 Å². The summed E-state index contributed by atoms with van der Waals surface area (Å²) in [5.41, 5.74) is 0.496. The van der Waals surface area contributed by atoms with Gasteiger partial charge < -0.3 is 19.9 Å². The van der Waals surface area contributed by atoms with Crippen molar-refractivity contribution in [1.29, 1.82) is 0 Å². The third-order valence-electron chi connectivity index (χ3n) is 2.96. The van der Waals surface area contributed by atoms with Gasteiger partial charge >= 0.3 is 0 Å². The molecule has 0 aliphatic heterocycles. The highest BCUT2D eigenvalue weighted by atomic mass is 16.3. The standard InChI is InChI=1S/C14H17NO3/c1-9(13-7-4-8-18-13)15-10(2)14-11(16)5-3-6-12(14)17/h3-10,15-17H,1-2H3/t9-,10?/m0/s1. The molecule has 0 aliphatic rings. The summed E-state index contributed by atoms with van der Waals surface area (Å²) in [7, 11) is 0. The number of hydrogen-bond acceptors (Lipinski definition) is 4. The fraction of sp³-hybridized carbons (Fsp3) is 0.286. The third kappa shape index (κ3) is 2.49. The van der Waals surface area contributed by atoms with Crippen LogP contribution in [0.15, 0.2) is 41.0 Å². The van der Waals surface area contributed by atoms with Crippen LogP contribution in [0.5, 0.6) is 11.5 Å². The van der Waals surface area contributed by atoms with Gasteiger partial charge in [0.25, 0.3) is 0 Å². The largest absolute Gasteiger partial charge is 0.507 e. The average Bonchev–Trinajstić information content (AvgIpc) is 2.81. The van der Waals surface area contributed by atoms with Crippen LogP contribution in [0.2, 0.25) is 0 Å². The predicted octanol–water partition coefficient (Wildman–Crippen LogP) is 3.10. The van der Waals surface area contributed by atoms with Crippen LogP contribution in [0.1, 0.15) is 37.3 Å². The number of phenolic OH excluding ortho intramolecular Hbond substituents is 2. The lowest BCUT2D eigenvalue weighted by molar-refractivity contribution is 0.379. The zero-order valence-electron chi connectivity index (χ0n) is 10.4. The summed E-state index contributed by atoms with van der Waals surface area (Å²) in [6, 6.07) is 8.25. The van der Waals surface area contributed by atoms with Gasteiger partial charge in [-0.3, -0.25) is 0 Å². The van der Waals surface area contributed by atoms with Crippen LogP contribution < -0.4 is 5.32 Å². The van der Waals surface area contributed by atoms with E-state index in [2.05, 4.69) is 5.32 Å². The van der Waals surface area contributed by atoms with Crippen molar-refractivity contribution in [3.63, 3.8) is 0 Å². The zero-order chi connectivity index (χ0) is 13.1. The first-order valence-electron chi connectivity index (χ1n) is 5.90. The molecule has 96 valence electrons. The molecule has 2 rings (SSSR count). The van der Waals surface area contributed by atoms with Gasteiger partial charge in [-0.05, 0) is 38.1 Å². The van der Waals surface area contributed by atoms with E-state index in [0.29, 0.717) is 5.56 Å². The van der Waals surface area contributed by atoms with Crippen LogP contribution in [0.25, 0.3) is 0 Å². The Bertz CT molecular complexity index is 488. The lowest BCUT2D eigenvalue weighted by Crippen LogP contribution is -2.22. The maximum absolute atomic E-state index is 9.78. The maximum atomic E-state index is 9.78. The van der Waals surface area contributed by atoms with Crippen LogP contribution in [-0.4, -0.2) is 10.2 Å². The van der Waals surface area contributed by atoms with Gasteiger partial charge in [0.05, 0.1) is 17.9 Å². The second-order valence-corrected chi connectivity index (χ2v) is 4.34. The summed E-state index contributed by atoms with van der Waals surface area (Å²) in [5, 5.41) is 22.8. The molecule has 0 fully saturated rings. The molecule has 1 aromatic heterocycles. The van der Waals surface area contributed by atoms with Crippen LogP contribution >= 0.6 is 0 Å². The first-order valence-corrected chi connectivity index (χ1v) is 5.90. The average molecular weight is 247 g/mol. The lowest BCUT2D eigenvalue weighted by Gasteiger charge is -2.20. The fourth-order valence-corrected chi connectivity index (χ4v) is 2.06. The topological polar surface area (TPSA) is 65.6 Å². The van der Waals surface area contributed by atoms with Crippen LogP contribution in [0.4, 0.5) is 0 Å². The molecule has 1 unspecified atom stereocenters. The first kappa shape index (κ1) is 12.5. The Morgan fingerprint density at radius 2 is 1.67 bits per heavy atom. The highest BCUT2D eigenvalue weighted by Gasteiger charge is 2.18. The molecule has 0 aliphatic carbocycles. The first-order chi connectivity index (χ1) is 8.59. The third-order valence-corrected chi connectivity index (χ3v) is 2.96. The van der Waals surface area contributed by atoms with Crippen molar-refractivity contribution in [3.05, 3.63) is 47.9 Å². The van der Waals surface area contributed by atoms with E-state index in [1.807, 2.05) is 26.0 Å². The summed E-state index contributed by atoms with van der Waals surface area (Å²) in [6.07, 6.45) is 1.62. The molecule has 0 amide bonds. The number of nitrogens with one attached hydrogen (secondary N) is 1. The quantitative estimate of drug-likeness (QED) is 0.776. The Hall–Kier alpha value is -1.94. The molecule has 4 nitrogen and oxygen atoms in total. The highest BCUT2D eigenvalue weighted by Crippen LogP contribution is 2.33. The van der Waals surface area contributed by atoms with Crippen molar-refractivity contribution in [2.24, 2.45) is 0 Å². The normalized spacial score (nSPS) is 14.3. The van der Waals surface area contributed by atoms with Gasteiger partial charge in [0.2, 0.25) is 0 Å². The summed E-state index contributed by atoms with van der Waals surface area (Å²) in [6.45, 7) is 3.85. The van der Waals surface area contributed by atoms with Gasteiger partial charge in [0.15, 0.2) is 0 Å². The van der Waals surface area contributed by atoms with Gasteiger partial charge in [0, 0.05) is 6.04 Å². The minimum atomic E-state index is -0.189. The number of phenols is 2. The number of aromatic hydroxyl groups is 2. The molecule has 0 radical (unpaired) electrons. The number of hydrogen-bond donors (Lipinski definition) is 3. The fourth-order valence-electron chi connectivity index (χ4n) is 2.06. The highest BCUT2D eigenvalue weighted by molar-refractivity contribution is 5.45. The Morgan fingerprint density at radius 3 is 2.22 bits per heavy atom. The van der Waals surface area contributed by atoms with E-state index in [1.54, 1.807) is 24.5 Å². The molecule has 0 spiro atoms. The molecule has 0 saturated heterocycles. The molecule has 1 heterocycles. The molecule has 18 heavy (non-hydrogen) atoms. The van der Waals surface area contributed by atoms with Crippen molar-refractivity contribution in [1.82, 2.24) is 5.32 Å². The minimum Gasteiger partial charge on any atom is -0.507 e. The molecule has 4 heteroatoms. The molecule has 3 N–H and O–H groups in total. The Labute approximate surface area is 106 Å². The van der Waals surface area contributed by atoms with E-state index in [0.717, 1.165) is 5.76 Å². The monoisotopic (exact) mass is 247 g/mol. The van der Waals surface area contributed by atoms with Crippen molar-refractivity contribution in [2.75, 3.05) is 0 Å². The summed E-state index contributed by atoms with van der Waals surface area (Å²) < 4.78 is 5.31. The van der Waals surface area contributed by atoms with Gasteiger partial charge in [-0.15, -0.1) is 0 Å². The van der Waals surface area contributed by atoms with Crippen molar-refractivity contribution in [3.8, 4) is 11.5 Å². The van der Waals surface area contributed by atoms with Crippen molar-refractivity contribution < 1.29 is 14.6 Å². The molecule has 2 atom stereocenters. The molecular weight excluding hydrogens is 230 g/mol.